The summed E-state index contributed by atoms with van der Waals surface area (Å²) < 4.78 is 1.51. The molecule has 0 aliphatic rings. The molecular weight excluding hydrogens is 216 g/mol. The van der Waals surface area contributed by atoms with Crippen molar-refractivity contribution in [2.24, 2.45) is 0 Å². The smallest absolute Gasteiger partial charge is 0.358 e. The lowest BCUT2D eigenvalue weighted by molar-refractivity contribution is -0.389. The lowest BCUT2D eigenvalue weighted by atomic mass is 10.5. The molecule has 2 aromatic heterocycles. The maximum Gasteiger partial charge on any atom is 0.389 e. The van der Waals surface area contributed by atoms with Gasteiger partial charge in [0.2, 0.25) is 0 Å². The highest BCUT2D eigenvalue weighted by molar-refractivity contribution is 7.09. The molecule has 2 rings (SSSR count). The van der Waals surface area contributed by atoms with E-state index in [-0.39, 0.29) is 5.82 Å². The highest BCUT2D eigenvalue weighted by atomic mass is 32.1. The van der Waals surface area contributed by atoms with Crippen LogP contribution in [0.2, 0.25) is 0 Å². The van der Waals surface area contributed by atoms with E-state index in [4.69, 9.17) is 0 Å². The van der Waals surface area contributed by atoms with Gasteiger partial charge in [0, 0.05) is 5.38 Å². The molecule has 0 aliphatic heterocycles. The first kappa shape index (κ1) is 9.78. The Kier molecular flexibility index (Phi) is 2.46. The van der Waals surface area contributed by atoms with Crippen LogP contribution in [0.25, 0.3) is 0 Å². The molecule has 0 aromatic carbocycles. The lowest BCUT2D eigenvalue weighted by Crippen LogP contribution is -2.01. The minimum absolute atomic E-state index is 0.137. The van der Waals surface area contributed by atoms with Gasteiger partial charge < -0.3 is 10.1 Å². The number of rotatable bonds is 3. The Morgan fingerprint density at radius 3 is 3.00 bits per heavy atom. The summed E-state index contributed by atoms with van der Waals surface area (Å²) in [6.45, 7) is 2.39. The molecule has 0 atom stereocenters. The normalized spacial score (nSPS) is 10.5. The number of nitro groups is 1. The number of thiazole rings is 1. The summed E-state index contributed by atoms with van der Waals surface area (Å²) in [7, 11) is 0. The third kappa shape index (κ3) is 2.18. The van der Waals surface area contributed by atoms with Gasteiger partial charge in [-0.2, -0.15) is 4.68 Å². The zero-order valence-corrected chi connectivity index (χ0v) is 8.77. The van der Waals surface area contributed by atoms with Crippen LogP contribution in [0.1, 0.15) is 10.7 Å². The average Bonchev–Trinajstić information content (AvgIpc) is 2.76. The number of hydrogen-bond donors (Lipinski definition) is 0. The Morgan fingerprint density at radius 2 is 2.47 bits per heavy atom. The molecule has 0 fully saturated rings. The van der Waals surface area contributed by atoms with E-state index in [1.165, 1.54) is 10.7 Å². The SMILES string of the molecule is Cc1nc(Cn2ccc([N+](=O)[O-])n2)cs1. The van der Waals surface area contributed by atoms with Crippen molar-refractivity contribution in [2.75, 3.05) is 0 Å². The van der Waals surface area contributed by atoms with Crippen LogP contribution in [0.15, 0.2) is 17.6 Å². The standard InChI is InChI=1S/C8H8N4O2S/c1-6-9-7(5-15-6)4-11-3-2-8(10-11)12(13)14/h2-3,5H,4H2,1H3. The molecule has 15 heavy (non-hydrogen) atoms. The molecule has 0 saturated carbocycles. The average molecular weight is 224 g/mol. The van der Waals surface area contributed by atoms with Crippen LogP contribution >= 0.6 is 11.3 Å². The Morgan fingerprint density at radius 1 is 1.67 bits per heavy atom. The number of aryl methyl sites for hydroxylation is 1. The first-order chi connectivity index (χ1) is 7.15. The van der Waals surface area contributed by atoms with E-state index < -0.39 is 4.92 Å². The number of nitrogens with zero attached hydrogens (tertiary/aromatic N) is 4. The topological polar surface area (TPSA) is 73.8 Å². The van der Waals surface area contributed by atoms with Gasteiger partial charge in [-0.15, -0.1) is 11.3 Å². The molecule has 0 unspecified atom stereocenters. The summed E-state index contributed by atoms with van der Waals surface area (Å²) >= 11 is 1.55. The fourth-order valence-corrected chi connectivity index (χ4v) is 1.79. The molecule has 0 aliphatic carbocycles. The minimum Gasteiger partial charge on any atom is -0.358 e. The summed E-state index contributed by atoms with van der Waals surface area (Å²) in [5.41, 5.74) is 0.871. The Bertz CT molecular complexity index is 490. The zero-order valence-electron chi connectivity index (χ0n) is 7.95. The van der Waals surface area contributed by atoms with Crippen molar-refractivity contribution in [1.29, 1.82) is 0 Å². The highest BCUT2D eigenvalue weighted by Gasteiger charge is 2.11. The van der Waals surface area contributed by atoms with Crippen LogP contribution < -0.4 is 0 Å². The lowest BCUT2D eigenvalue weighted by Gasteiger charge is -1.91. The molecular formula is C8H8N4O2S. The number of aromatic nitrogens is 3. The van der Waals surface area contributed by atoms with Crippen molar-refractivity contribution in [3.63, 3.8) is 0 Å². The quantitative estimate of drug-likeness (QED) is 0.586. The van der Waals surface area contributed by atoms with Gasteiger partial charge in [0.25, 0.3) is 0 Å². The van der Waals surface area contributed by atoms with Crippen molar-refractivity contribution >= 4 is 17.2 Å². The summed E-state index contributed by atoms with van der Waals surface area (Å²) in [5, 5.41) is 17.1. The van der Waals surface area contributed by atoms with Gasteiger partial charge in [-0.25, -0.2) is 4.98 Å². The van der Waals surface area contributed by atoms with Crippen LogP contribution in [-0.2, 0) is 6.54 Å². The predicted octanol–water partition coefficient (Wildman–Crippen LogP) is 1.60. The third-order valence-corrected chi connectivity index (χ3v) is 2.63. The van der Waals surface area contributed by atoms with Crippen molar-refractivity contribution in [1.82, 2.24) is 14.8 Å². The zero-order chi connectivity index (χ0) is 10.8. The molecule has 0 bridgehead atoms. The predicted molar refractivity (Wildman–Crippen MR) is 54.8 cm³/mol. The molecule has 7 heteroatoms. The molecule has 0 radical (unpaired) electrons. The van der Waals surface area contributed by atoms with E-state index in [1.807, 2.05) is 12.3 Å². The van der Waals surface area contributed by atoms with Gasteiger partial charge in [0.15, 0.2) is 0 Å². The maximum absolute atomic E-state index is 10.4. The first-order valence-electron chi connectivity index (χ1n) is 4.24. The summed E-state index contributed by atoms with van der Waals surface area (Å²) in [5.74, 6) is -0.137. The van der Waals surface area contributed by atoms with Crippen LogP contribution in [0, 0.1) is 17.0 Å². The Hall–Kier alpha value is -1.76. The van der Waals surface area contributed by atoms with E-state index in [2.05, 4.69) is 10.1 Å². The second-order valence-electron chi connectivity index (χ2n) is 2.99. The van der Waals surface area contributed by atoms with Crippen molar-refractivity contribution in [3.05, 3.63) is 38.5 Å². The van der Waals surface area contributed by atoms with Gasteiger partial charge in [-0.1, -0.05) is 0 Å². The highest BCUT2D eigenvalue weighted by Crippen LogP contribution is 2.11. The van der Waals surface area contributed by atoms with Crippen molar-refractivity contribution in [2.45, 2.75) is 13.5 Å². The molecule has 0 amide bonds. The fourth-order valence-electron chi connectivity index (χ4n) is 1.18. The minimum atomic E-state index is -0.511. The molecule has 0 N–H and O–H groups in total. The van der Waals surface area contributed by atoms with E-state index in [0.717, 1.165) is 10.7 Å². The fraction of sp³-hybridized carbons (Fsp3) is 0.250. The molecule has 0 spiro atoms. The van der Waals surface area contributed by atoms with E-state index in [9.17, 15) is 10.1 Å². The van der Waals surface area contributed by atoms with Gasteiger partial charge in [0.1, 0.15) is 6.54 Å². The van der Waals surface area contributed by atoms with E-state index in [0.29, 0.717) is 6.54 Å². The van der Waals surface area contributed by atoms with Crippen molar-refractivity contribution in [3.8, 4) is 0 Å². The second-order valence-corrected chi connectivity index (χ2v) is 4.05. The van der Waals surface area contributed by atoms with Gasteiger partial charge in [-0.3, -0.25) is 0 Å². The summed E-state index contributed by atoms with van der Waals surface area (Å²) in [6, 6.07) is 1.37. The second kappa shape index (κ2) is 3.77. The number of hydrogen-bond acceptors (Lipinski definition) is 5. The molecule has 78 valence electrons. The third-order valence-electron chi connectivity index (χ3n) is 1.80. The molecule has 0 saturated heterocycles. The first-order valence-corrected chi connectivity index (χ1v) is 5.12. The summed E-state index contributed by atoms with van der Waals surface area (Å²) in [6.07, 6.45) is 1.58. The van der Waals surface area contributed by atoms with E-state index >= 15 is 0 Å². The monoisotopic (exact) mass is 224 g/mol. The van der Waals surface area contributed by atoms with Crippen LogP contribution in [0.3, 0.4) is 0 Å². The largest absolute Gasteiger partial charge is 0.389 e. The van der Waals surface area contributed by atoms with Gasteiger partial charge >= 0.3 is 5.82 Å². The van der Waals surface area contributed by atoms with Crippen molar-refractivity contribution < 1.29 is 4.92 Å². The van der Waals surface area contributed by atoms with Crippen LogP contribution in [-0.4, -0.2) is 19.7 Å². The van der Waals surface area contributed by atoms with Gasteiger partial charge in [-0.05, 0) is 11.8 Å². The van der Waals surface area contributed by atoms with Crippen LogP contribution in [0.5, 0.6) is 0 Å². The molecule has 2 heterocycles. The molecule has 2 aromatic rings. The van der Waals surface area contributed by atoms with E-state index in [1.54, 1.807) is 17.5 Å². The maximum atomic E-state index is 10.4. The Balaban J connectivity index is 2.14. The van der Waals surface area contributed by atoms with Gasteiger partial charge in [0.05, 0.1) is 28.1 Å². The summed E-state index contributed by atoms with van der Waals surface area (Å²) in [4.78, 5) is 14.1. The Labute approximate surface area is 89.3 Å². The molecule has 6 nitrogen and oxygen atoms in total. The van der Waals surface area contributed by atoms with Crippen LogP contribution in [0.4, 0.5) is 5.82 Å².